The van der Waals surface area contributed by atoms with Gasteiger partial charge in [-0.25, -0.2) is 21.6 Å². The van der Waals surface area contributed by atoms with Crippen molar-refractivity contribution in [3.8, 4) is 0 Å². The van der Waals surface area contributed by atoms with Crippen molar-refractivity contribution < 1.29 is 26.0 Å². The summed E-state index contributed by atoms with van der Waals surface area (Å²) in [5, 5.41) is -0.281. The maximum absolute atomic E-state index is 12.5. The summed E-state index contributed by atoms with van der Waals surface area (Å²) in [6.07, 6.45) is 2.03. The summed E-state index contributed by atoms with van der Waals surface area (Å²) in [5.41, 5.74) is 0. The summed E-state index contributed by atoms with van der Waals surface area (Å²) in [6, 6.07) is 8.99. The maximum Gasteiger partial charge on any atom is 0.241 e. The third kappa shape index (κ3) is 5.59. The summed E-state index contributed by atoms with van der Waals surface area (Å²) in [7, 11) is -7.25. The first-order valence-corrected chi connectivity index (χ1v) is 12.5. The van der Waals surface area contributed by atoms with Crippen LogP contribution in [0.1, 0.15) is 18.6 Å². The SMILES string of the molecule is O=C(CNS(=O)(=O)c1cccc(Cl)c1)N1CCC(S(=O)(=O)Cc2ccco2)CC1. The lowest BCUT2D eigenvalue weighted by Gasteiger charge is -2.31. The molecule has 1 fully saturated rings. The second-order valence-electron chi connectivity index (χ2n) is 6.75. The lowest BCUT2D eigenvalue weighted by Crippen LogP contribution is -2.46. The number of sulfone groups is 1. The van der Waals surface area contributed by atoms with Crippen molar-refractivity contribution in [2.24, 2.45) is 0 Å². The van der Waals surface area contributed by atoms with Crippen LogP contribution in [0.3, 0.4) is 0 Å². The van der Waals surface area contributed by atoms with Crippen LogP contribution >= 0.6 is 11.6 Å². The largest absolute Gasteiger partial charge is 0.468 e. The van der Waals surface area contributed by atoms with Crippen LogP contribution in [0, 0.1) is 0 Å². The van der Waals surface area contributed by atoms with E-state index in [4.69, 9.17) is 16.0 Å². The fraction of sp³-hybridized carbons (Fsp3) is 0.389. The first-order chi connectivity index (χ1) is 13.7. The molecule has 1 N–H and O–H groups in total. The van der Waals surface area contributed by atoms with Gasteiger partial charge in [-0.2, -0.15) is 0 Å². The molecule has 1 aromatic carbocycles. The number of amides is 1. The normalized spacial score (nSPS) is 16.1. The second kappa shape index (κ2) is 8.86. The van der Waals surface area contributed by atoms with E-state index < -0.39 is 37.6 Å². The Morgan fingerprint density at radius 3 is 2.48 bits per heavy atom. The predicted molar refractivity (Wildman–Crippen MR) is 108 cm³/mol. The van der Waals surface area contributed by atoms with Crippen molar-refractivity contribution in [1.29, 1.82) is 0 Å². The molecule has 1 aliphatic heterocycles. The van der Waals surface area contributed by atoms with Crippen LogP contribution in [0.5, 0.6) is 0 Å². The maximum atomic E-state index is 12.5. The van der Waals surface area contributed by atoms with Crippen molar-refractivity contribution >= 4 is 37.4 Å². The second-order valence-corrected chi connectivity index (χ2v) is 11.2. The summed E-state index contributed by atoms with van der Waals surface area (Å²) in [5.74, 6) is -0.186. The standard InChI is InChI=1S/C18H21ClN2O6S2/c19-14-3-1-5-17(11-14)29(25,26)20-12-18(22)21-8-6-16(7-9-21)28(23,24)13-15-4-2-10-27-15/h1-5,10-11,16,20H,6-9,12-13H2. The highest BCUT2D eigenvalue weighted by molar-refractivity contribution is 7.91. The number of furan rings is 1. The van der Waals surface area contributed by atoms with Gasteiger partial charge in [-0.15, -0.1) is 0 Å². The molecule has 1 saturated heterocycles. The van der Waals surface area contributed by atoms with Gasteiger partial charge in [-0.05, 0) is 43.2 Å². The predicted octanol–water partition coefficient (Wildman–Crippen LogP) is 1.82. The number of hydrogen-bond acceptors (Lipinski definition) is 6. The van der Waals surface area contributed by atoms with E-state index in [-0.39, 0.29) is 28.8 Å². The monoisotopic (exact) mass is 460 g/mol. The number of likely N-dealkylation sites (tertiary alicyclic amines) is 1. The lowest BCUT2D eigenvalue weighted by atomic mass is 10.1. The van der Waals surface area contributed by atoms with Crippen molar-refractivity contribution in [1.82, 2.24) is 9.62 Å². The smallest absolute Gasteiger partial charge is 0.241 e. The minimum absolute atomic E-state index is 0.0273. The zero-order valence-electron chi connectivity index (χ0n) is 15.5. The van der Waals surface area contributed by atoms with Crippen molar-refractivity contribution in [3.63, 3.8) is 0 Å². The molecule has 2 aromatic rings. The highest BCUT2D eigenvalue weighted by atomic mass is 35.5. The number of piperidine rings is 1. The van der Waals surface area contributed by atoms with E-state index >= 15 is 0 Å². The topological polar surface area (TPSA) is 114 Å². The number of benzene rings is 1. The molecule has 1 amide bonds. The van der Waals surface area contributed by atoms with E-state index in [0.717, 1.165) is 0 Å². The van der Waals surface area contributed by atoms with Gasteiger partial charge in [-0.3, -0.25) is 4.79 Å². The van der Waals surface area contributed by atoms with Gasteiger partial charge in [-0.1, -0.05) is 17.7 Å². The Balaban J connectivity index is 1.52. The molecule has 0 aliphatic carbocycles. The van der Waals surface area contributed by atoms with Gasteiger partial charge in [0.1, 0.15) is 11.5 Å². The number of sulfonamides is 1. The molecular formula is C18H21ClN2O6S2. The first-order valence-electron chi connectivity index (χ1n) is 8.94. The van der Waals surface area contributed by atoms with Crippen LogP contribution < -0.4 is 4.72 Å². The molecule has 11 heteroatoms. The Kier molecular flexibility index (Phi) is 6.67. The van der Waals surface area contributed by atoms with Gasteiger partial charge in [0.25, 0.3) is 0 Å². The van der Waals surface area contributed by atoms with Gasteiger partial charge in [0.2, 0.25) is 15.9 Å². The van der Waals surface area contributed by atoms with Crippen LogP contribution in [-0.2, 0) is 30.4 Å². The Labute approximate surface area is 174 Å². The molecule has 3 rings (SSSR count). The van der Waals surface area contributed by atoms with E-state index in [1.54, 1.807) is 18.2 Å². The number of nitrogens with zero attached hydrogens (tertiary/aromatic N) is 1. The molecule has 0 bridgehead atoms. The van der Waals surface area contributed by atoms with Gasteiger partial charge < -0.3 is 9.32 Å². The minimum Gasteiger partial charge on any atom is -0.468 e. The first kappa shape index (κ1) is 21.8. The van der Waals surface area contributed by atoms with Crippen LogP contribution in [0.2, 0.25) is 5.02 Å². The zero-order valence-corrected chi connectivity index (χ0v) is 17.8. The van der Waals surface area contributed by atoms with Crippen LogP contribution in [0.15, 0.2) is 52.0 Å². The van der Waals surface area contributed by atoms with E-state index in [1.165, 1.54) is 29.4 Å². The molecule has 8 nitrogen and oxygen atoms in total. The van der Waals surface area contributed by atoms with Crippen molar-refractivity contribution in [2.75, 3.05) is 19.6 Å². The number of rotatable bonds is 7. The zero-order chi connectivity index (χ0) is 21.1. The Bertz CT molecular complexity index is 1060. The number of carbonyl (C=O) groups excluding carboxylic acids is 1. The van der Waals surface area contributed by atoms with Gasteiger partial charge in [0.05, 0.1) is 23.0 Å². The number of hydrogen-bond donors (Lipinski definition) is 1. The van der Waals surface area contributed by atoms with Crippen molar-refractivity contribution in [2.45, 2.75) is 28.7 Å². The van der Waals surface area contributed by atoms with E-state index in [1.807, 2.05) is 0 Å². The Morgan fingerprint density at radius 1 is 1.14 bits per heavy atom. The minimum atomic E-state index is -3.87. The fourth-order valence-corrected chi connectivity index (χ4v) is 6.16. The lowest BCUT2D eigenvalue weighted by molar-refractivity contribution is -0.130. The highest BCUT2D eigenvalue weighted by Gasteiger charge is 2.32. The molecule has 0 spiro atoms. The summed E-state index contributed by atoms with van der Waals surface area (Å²) in [4.78, 5) is 13.8. The number of nitrogens with one attached hydrogen (secondary N) is 1. The summed E-state index contributed by atoms with van der Waals surface area (Å²) in [6.45, 7) is 0.0955. The van der Waals surface area contributed by atoms with Crippen molar-refractivity contribution in [3.05, 3.63) is 53.4 Å². The van der Waals surface area contributed by atoms with Gasteiger partial charge >= 0.3 is 0 Å². The molecule has 0 unspecified atom stereocenters. The van der Waals surface area contributed by atoms with Gasteiger partial charge in [0, 0.05) is 18.1 Å². The number of carbonyl (C=O) groups is 1. The molecule has 0 saturated carbocycles. The fourth-order valence-electron chi connectivity index (χ4n) is 3.16. The van der Waals surface area contributed by atoms with E-state index in [0.29, 0.717) is 18.6 Å². The molecule has 1 aromatic heterocycles. The Morgan fingerprint density at radius 2 is 1.86 bits per heavy atom. The molecule has 1 aliphatic rings. The third-order valence-corrected chi connectivity index (χ3v) is 8.55. The highest BCUT2D eigenvalue weighted by Crippen LogP contribution is 2.22. The van der Waals surface area contributed by atoms with E-state index in [2.05, 4.69) is 4.72 Å². The average molecular weight is 461 g/mol. The van der Waals surface area contributed by atoms with Crippen LogP contribution in [-0.4, -0.2) is 52.5 Å². The summed E-state index contributed by atoms with van der Waals surface area (Å²) >= 11 is 5.81. The van der Waals surface area contributed by atoms with E-state index in [9.17, 15) is 21.6 Å². The molecule has 0 radical (unpaired) electrons. The number of halogens is 1. The quantitative estimate of drug-likeness (QED) is 0.674. The van der Waals surface area contributed by atoms with Crippen LogP contribution in [0.4, 0.5) is 0 Å². The average Bonchev–Trinajstić information content (AvgIpc) is 3.18. The molecule has 0 atom stereocenters. The van der Waals surface area contributed by atoms with Crippen LogP contribution in [0.25, 0.3) is 0 Å². The molecule has 29 heavy (non-hydrogen) atoms. The molecule has 158 valence electrons. The third-order valence-electron chi connectivity index (χ3n) is 4.75. The molecule has 2 heterocycles. The molecular weight excluding hydrogens is 440 g/mol. The summed E-state index contributed by atoms with van der Waals surface area (Å²) < 4.78 is 56.9. The van der Waals surface area contributed by atoms with Gasteiger partial charge in [0.15, 0.2) is 9.84 Å². The Hall–Kier alpha value is -1.88.